The van der Waals surface area contributed by atoms with E-state index in [2.05, 4.69) is 15.6 Å². The molecule has 0 aliphatic rings. The van der Waals surface area contributed by atoms with Crippen molar-refractivity contribution in [3.63, 3.8) is 0 Å². The van der Waals surface area contributed by atoms with Gasteiger partial charge in [0.25, 0.3) is 0 Å². The van der Waals surface area contributed by atoms with Gasteiger partial charge in [-0.3, -0.25) is 0 Å². The molecular weight excluding hydrogens is 449 g/mol. The van der Waals surface area contributed by atoms with Crippen molar-refractivity contribution in [3.8, 4) is 0 Å². The van der Waals surface area contributed by atoms with Crippen LogP contribution < -0.4 is 10.6 Å². The number of aliphatic hydroxyl groups excluding tert-OH is 1. The number of guanidine groups is 1. The fourth-order valence-corrected chi connectivity index (χ4v) is 2.56. The molecule has 2 aromatic rings. The predicted molar refractivity (Wildman–Crippen MR) is 116 cm³/mol. The first-order valence-electron chi connectivity index (χ1n) is 8.16. The molecule has 0 bridgehead atoms. The van der Waals surface area contributed by atoms with E-state index in [1.54, 1.807) is 0 Å². The molecule has 0 aliphatic heterocycles. The first kappa shape index (κ1) is 21.7. The summed E-state index contributed by atoms with van der Waals surface area (Å²) in [5.74, 6) is 0.738. The van der Waals surface area contributed by atoms with Crippen molar-refractivity contribution in [1.29, 1.82) is 0 Å². The molecule has 2 aromatic carbocycles. The van der Waals surface area contributed by atoms with Crippen LogP contribution in [0, 0.1) is 0 Å². The maximum absolute atomic E-state index is 9.65. The zero-order valence-electron chi connectivity index (χ0n) is 14.3. The van der Waals surface area contributed by atoms with Crippen LogP contribution >= 0.6 is 35.6 Å². The number of benzene rings is 2. The van der Waals surface area contributed by atoms with Gasteiger partial charge < -0.3 is 15.7 Å². The third-order valence-corrected chi connectivity index (χ3v) is 4.09. The minimum Gasteiger partial charge on any atom is -0.396 e. The van der Waals surface area contributed by atoms with E-state index in [1.807, 2.05) is 61.5 Å². The molecule has 0 saturated heterocycles. The topological polar surface area (TPSA) is 56.7 Å². The average molecular weight is 474 g/mol. The Morgan fingerprint density at radius 3 is 2.40 bits per heavy atom. The molecule has 0 heterocycles. The van der Waals surface area contributed by atoms with Crippen LogP contribution in [0.2, 0.25) is 5.02 Å². The Morgan fingerprint density at radius 1 is 1.08 bits per heavy atom. The molecule has 0 saturated carbocycles. The van der Waals surface area contributed by atoms with Gasteiger partial charge in [-0.1, -0.05) is 60.1 Å². The van der Waals surface area contributed by atoms with Crippen LogP contribution in [-0.2, 0) is 6.54 Å². The Balaban J connectivity index is 0.00000312. The number of rotatable bonds is 7. The lowest BCUT2D eigenvalue weighted by molar-refractivity contribution is 0.265. The van der Waals surface area contributed by atoms with Gasteiger partial charge in [0, 0.05) is 24.0 Å². The summed E-state index contributed by atoms with van der Waals surface area (Å²) in [6.07, 6.45) is 0. The van der Waals surface area contributed by atoms with E-state index in [-0.39, 0.29) is 36.5 Å². The Labute approximate surface area is 171 Å². The molecule has 0 aliphatic carbocycles. The van der Waals surface area contributed by atoms with Gasteiger partial charge in [0.15, 0.2) is 5.96 Å². The Hall–Kier alpha value is -1.31. The minimum atomic E-state index is 0. The van der Waals surface area contributed by atoms with E-state index < -0.39 is 0 Å². The van der Waals surface area contributed by atoms with E-state index in [4.69, 9.17) is 11.6 Å². The number of nitrogens with zero attached hydrogens (tertiary/aromatic N) is 1. The maximum atomic E-state index is 9.65. The SMILES string of the molecule is CCNC(=NCc1ccccc1Cl)NCC(CO)c1ccccc1.I. The smallest absolute Gasteiger partial charge is 0.191 e. The van der Waals surface area contributed by atoms with Crippen molar-refractivity contribution < 1.29 is 5.11 Å². The van der Waals surface area contributed by atoms with Crippen LogP contribution in [0.25, 0.3) is 0 Å². The number of hydrogen-bond donors (Lipinski definition) is 3. The number of aliphatic hydroxyl groups is 1. The van der Waals surface area contributed by atoms with Crippen LogP contribution in [0.3, 0.4) is 0 Å². The highest BCUT2D eigenvalue weighted by atomic mass is 127. The maximum Gasteiger partial charge on any atom is 0.191 e. The molecule has 1 unspecified atom stereocenters. The largest absolute Gasteiger partial charge is 0.396 e. The Kier molecular flexibility index (Phi) is 10.5. The lowest BCUT2D eigenvalue weighted by atomic mass is 10.0. The van der Waals surface area contributed by atoms with Crippen LogP contribution in [0.1, 0.15) is 24.0 Å². The molecule has 3 N–H and O–H groups in total. The summed E-state index contributed by atoms with van der Waals surface area (Å²) in [4.78, 5) is 4.57. The highest BCUT2D eigenvalue weighted by molar-refractivity contribution is 14.0. The van der Waals surface area contributed by atoms with Gasteiger partial charge in [-0.25, -0.2) is 4.99 Å². The zero-order valence-corrected chi connectivity index (χ0v) is 17.4. The number of nitrogens with one attached hydrogen (secondary N) is 2. The number of halogens is 2. The predicted octanol–water partition coefficient (Wildman–Crippen LogP) is 3.79. The minimum absolute atomic E-state index is 0. The second-order valence-electron chi connectivity index (χ2n) is 5.46. The molecule has 0 aromatic heterocycles. The molecule has 0 radical (unpaired) electrons. The number of aliphatic imine (C=N–C) groups is 1. The fourth-order valence-electron chi connectivity index (χ4n) is 2.37. The molecule has 1 atom stereocenters. The van der Waals surface area contributed by atoms with Crippen molar-refractivity contribution in [2.24, 2.45) is 4.99 Å². The van der Waals surface area contributed by atoms with Crippen LogP contribution in [-0.4, -0.2) is 30.8 Å². The third kappa shape index (κ3) is 7.22. The van der Waals surface area contributed by atoms with Crippen molar-refractivity contribution in [1.82, 2.24) is 10.6 Å². The second kappa shape index (κ2) is 12.1. The van der Waals surface area contributed by atoms with Crippen molar-refractivity contribution in [3.05, 3.63) is 70.7 Å². The second-order valence-corrected chi connectivity index (χ2v) is 5.86. The molecule has 136 valence electrons. The molecular formula is C19H25ClIN3O. The van der Waals surface area contributed by atoms with Gasteiger partial charge in [0.2, 0.25) is 0 Å². The summed E-state index contributed by atoms with van der Waals surface area (Å²) in [5.41, 5.74) is 2.09. The molecule has 6 heteroatoms. The van der Waals surface area contributed by atoms with Crippen molar-refractivity contribution in [2.45, 2.75) is 19.4 Å². The molecule has 25 heavy (non-hydrogen) atoms. The zero-order chi connectivity index (χ0) is 17.2. The average Bonchev–Trinajstić information content (AvgIpc) is 2.62. The van der Waals surface area contributed by atoms with Gasteiger partial charge in [0.1, 0.15) is 0 Å². The summed E-state index contributed by atoms with van der Waals surface area (Å²) in [5, 5.41) is 16.9. The van der Waals surface area contributed by atoms with Gasteiger partial charge in [0.05, 0.1) is 13.2 Å². The van der Waals surface area contributed by atoms with Crippen LogP contribution in [0.4, 0.5) is 0 Å². The monoisotopic (exact) mass is 473 g/mol. The highest BCUT2D eigenvalue weighted by Crippen LogP contribution is 2.16. The molecule has 0 spiro atoms. The molecule has 0 amide bonds. The first-order chi connectivity index (χ1) is 11.7. The van der Waals surface area contributed by atoms with Gasteiger partial charge in [-0.15, -0.1) is 24.0 Å². The molecule has 4 nitrogen and oxygen atoms in total. The van der Waals surface area contributed by atoms with Crippen molar-refractivity contribution in [2.75, 3.05) is 19.7 Å². The highest BCUT2D eigenvalue weighted by Gasteiger charge is 2.10. The lowest BCUT2D eigenvalue weighted by Crippen LogP contribution is -2.39. The summed E-state index contributed by atoms with van der Waals surface area (Å²) in [6, 6.07) is 17.7. The van der Waals surface area contributed by atoms with Gasteiger partial charge in [-0.05, 0) is 24.1 Å². The Bertz CT molecular complexity index is 652. The summed E-state index contributed by atoms with van der Waals surface area (Å²) in [7, 11) is 0. The van der Waals surface area contributed by atoms with Crippen LogP contribution in [0.5, 0.6) is 0 Å². The van der Waals surface area contributed by atoms with Gasteiger partial charge >= 0.3 is 0 Å². The van der Waals surface area contributed by atoms with Gasteiger partial charge in [-0.2, -0.15) is 0 Å². The standard InChI is InChI=1S/C19H24ClN3O.HI/c1-2-21-19(22-12-16-10-6-7-11-18(16)20)23-13-17(14-24)15-8-4-3-5-9-15;/h3-11,17,24H,2,12-14H2,1H3,(H2,21,22,23);1H. The van der Waals surface area contributed by atoms with E-state index in [1.165, 1.54) is 0 Å². The summed E-state index contributed by atoms with van der Waals surface area (Å²) < 4.78 is 0. The quantitative estimate of drug-likeness (QED) is 0.326. The lowest BCUT2D eigenvalue weighted by Gasteiger charge is -2.18. The Morgan fingerprint density at radius 2 is 1.76 bits per heavy atom. The summed E-state index contributed by atoms with van der Waals surface area (Å²) >= 11 is 6.17. The fraction of sp³-hybridized carbons (Fsp3) is 0.316. The van der Waals surface area contributed by atoms with E-state index >= 15 is 0 Å². The molecule has 0 fully saturated rings. The number of hydrogen-bond acceptors (Lipinski definition) is 2. The van der Waals surface area contributed by atoms with E-state index in [0.717, 1.165) is 22.7 Å². The van der Waals surface area contributed by atoms with E-state index in [9.17, 15) is 5.11 Å². The normalized spacial score (nSPS) is 12.2. The molecule has 2 rings (SSSR count). The van der Waals surface area contributed by atoms with E-state index in [0.29, 0.717) is 19.0 Å². The third-order valence-electron chi connectivity index (χ3n) is 3.72. The van der Waals surface area contributed by atoms with Crippen molar-refractivity contribution >= 4 is 41.5 Å². The van der Waals surface area contributed by atoms with Crippen LogP contribution in [0.15, 0.2) is 59.6 Å². The first-order valence-corrected chi connectivity index (χ1v) is 8.53. The summed E-state index contributed by atoms with van der Waals surface area (Å²) in [6.45, 7) is 3.98.